The van der Waals surface area contributed by atoms with Crippen molar-refractivity contribution in [3.63, 3.8) is 0 Å². The smallest absolute Gasteiger partial charge is 0.332 e. The molecule has 0 aromatic rings. The van der Waals surface area contributed by atoms with Gasteiger partial charge in [0, 0.05) is 48.9 Å². The van der Waals surface area contributed by atoms with Gasteiger partial charge in [0.2, 0.25) is 0 Å². The molecule has 10 heteroatoms. The number of ether oxygens (including phenoxy) is 1. The molecule has 1 spiro atoms. The van der Waals surface area contributed by atoms with Gasteiger partial charge in [-0.2, -0.15) is 0 Å². The number of aldehydes is 1. The zero-order valence-corrected chi connectivity index (χ0v) is 31.2. The summed E-state index contributed by atoms with van der Waals surface area (Å²) < 4.78 is 6.28. The molecule has 15 unspecified atom stereocenters. The second-order valence-corrected chi connectivity index (χ2v) is 19.2. The van der Waals surface area contributed by atoms with Crippen molar-refractivity contribution in [3.8, 4) is 0 Å². The van der Waals surface area contributed by atoms with Crippen LogP contribution in [0.5, 0.6) is 0 Å². The summed E-state index contributed by atoms with van der Waals surface area (Å²) in [7, 11) is 1.91. The standard InChI is InChI=1S/C42H62N2O8/c1-24(25-6-3-4-7-25)26-8-9-29-32(46)10-14-38(23-45)33-11-15-37-12-5-13-39-28(22-44-17-16-43-2)18-27(35(37)30(39)20-34(47)52-39)21-40(37,49)42(33,51)36(48)31(19-26)41(29,38)50/h18,20,23-27,29,31-33,35-36,43-44,46,48-51H,3-17,19,21-22H2,1-2H3. The number of nitrogens with one attached hydrogen (secondary N) is 2. The van der Waals surface area contributed by atoms with Gasteiger partial charge in [-0.1, -0.05) is 38.7 Å². The lowest BCUT2D eigenvalue weighted by Crippen LogP contribution is -2.85. The van der Waals surface area contributed by atoms with Gasteiger partial charge in [-0.05, 0) is 118 Å². The minimum atomic E-state index is -2.09. The topological polar surface area (TPSA) is 169 Å². The van der Waals surface area contributed by atoms with E-state index in [0.717, 1.165) is 36.9 Å². The molecule has 0 amide bonds. The summed E-state index contributed by atoms with van der Waals surface area (Å²) in [6.07, 6.45) is 12.4. The molecule has 0 radical (unpaired) electrons. The highest BCUT2D eigenvalue weighted by molar-refractivity contribution is 5.88. The first kappa shape index (κ1) is 36.0. The molecule has 0 saturated heterocycles. The summed E-state index contributed by atoms with van der Waals surface area (Å²) in [5.74, 6) is -2.16. The molecule has 1 aliphatic heterocycles. The van der Waals surface area contributed by atoms with Crippen molar-refractivity contribution < 1.29 is 39.9 Å². The van der Waals surface area contributed by atoms with Crippen LogP contribution >= 0.6 is 0 Å². The van der Waals surface area contributed by atoms with Crippen LogP contribution in [0.3, 0.4) is 0 Å². The first-order chi connectivity index (χ1) is 24.9. The number of hydrogen-bond acceptors (Lipinski definition) is 10. The number of hydrogen-bond donors (Lipinski definition) is 7. The predicted molar refractivity (Wildman–Crippen MR) is 192 cm³/mol. The third-order valence-electron chi connectivity index (χ3n) is 17.9. The highest BCUT2D eigenvalue weighted by Gasteiger charge is 2.85. The molecule has 0 aromatic heterocycles. The average molecular weight is 723 g/mol. The second kappa shape index (κ2) is 12.2. The van der Waals surface area contributed by atoms with E-state index in [9.17, 15) is 35.1 Å². The van der Waals surface area contributed by atoms with Gasteiger partial charge in [-0.3, -0.25) is 0 Å². The summed E-state index contributed by atoms with van der Waals surface area (Å²) in [5.41, 5.74) is -6.87. The highest BCUT2D eigenvalue weighted by atomic mass is 16.6. The molecule has 288 valence electrons. The van der Waals surface area contributed by atoms with Gasteiger partial charge < -0.3 is 45.7 Å². The van der Waals surface area contributed by atoms with Crippen molar-refractivity contribution in [1.29, 1.82) is 0 Å². The van der Waals surface area contributed by atoms with E-state index in [1.165, 1.54) is 25.7 Å². The van der Waals surface area contributed by atoms with Gasteiger partial charge in [0.05, 0.1) is 23.2 Å². The number of allylic oxidation sites excluding steroid dienone is 1. The van der Waals surface area contributed by atoms with E-state index < -0.39 is 63.2 Å². The Bertz CT molecular complexity index is 1540. The molecular weight excluding hydrogens is 660 g/mol. The van der Waals surface area contributed by atoms with Crippen LogP contribution < -0.4 is 10.6 Å². The number of likely N-dealkylation sites (N-methyl/N-ethyl adjacent to an activating group) is 1. The van der Waals surface area contributed by atoms with Gasteiger partial charge in [0.1, 0.15) is 17.5 Å². The minimum Gasteiger partial charge on any atom is -0.447 e. The summed E-state index contributed by atoms with van der Waals surface area (Å²) in [6, 6.07) is 0. The molecule has 7 saturated carbocycles. The van der Waals surface area contributed by atoms with Crippen molar-refractivity contribution in [1.82, 2.24) is 10.6 Å². The van der Waals surface area contributed by atoms with Gasteiger partial charge in [-0.15, -0.1) is 0 Å². The Morgan fingerprint density at radius 3 is 2.46 bits per heavy atom. The molecule has 9 rings (SSSR count). The zero-order valence-electron chi connectivity index (χ0n) is 31.2. The molecule has 7 N–H and O–H groups in total. The lowest BCUT2D eigenvalue weighted by molar-refractivity contribution is -0.375. The molecule has 9 aliphatic rings. The summed E-state index contributed by atoms with van der Waals surface area (Å²) in [6.45, 7) is 4.35. The Kier molecular flexibility index (Phi) is 8.43. The van der Waals surface area contributed by atoms with Gasteiger partial charge in [-0.25, -0.2) is 4.79 Å². The first-order valence-corrected chi connectivity index (χ1v) is 20.9. The molecule has 52 heavy (non-hydrogen) atoms. The zero-order chi connectivity index (χ0) is 36.5. The van der Waals surface area contributed by atoms with Gasteiger partial charge in [0.25, 0.3) is 0 Å². The van der Waals surface area contributed by atoms with E-state index in [2.05, 4.69) is 23.6 Å². The van der Waals surface area contributed by atoms with Crippen LogP contribution in [0.25, 0.3) is 0 Å². The fraction of sp³-hybridized carbons (Fsp3) is 0.857. The number of carbonyl (C=O) groups excluding carboxylic acids is 2. The lowest BCUT2D eigenvalue weighted by Gasteiger charge is -2.73. The average Bonchev–Trinajstić information content (AvgIpc) is 3.79. The van der Waals surface area contributed by atoms with Crippen LogP contribution in [-0.2, 0) is 14.3 Å². The maximum absolute atomic E-state index is 13.9. The molecule has 0 aromatic carbocycles. The summed E-state index contributed by atoms with van der Waals surface area (Å²) in [5, 5.41) is 72.2. The van der Waals surface area contributed by atoms with Crippen LogP contribution in [0.1, 0.15) is 103 Å². The first-order valence-electron chi connectivity index (χ1n) is 20.9. The lowest BCUT2D eigenvalue weighted by atomic mass is 9.35. The van der Waals surface area contributed by atoms with Crippen LogP contribution in [0.15, 0.2) is 23.3 Å². The van der Waals surface area contributed by atoms with Gasteiger partial charge in [0.15, 0.2) is 5.60 Å². The predicted octanol–water partition coefficient (Wildman–Crippen LogP) is 2.94. The van der Waals surface area contributed by atoms with Crippen molar-refractivity contribution >= 4 is 12.3 Å². The molecule has 1 heterocycles. The van der Waals surface area contributed by atoms with Crippen molar-refractivity contribution in [2.24, 2.45) is 58.2 Å². The van der Waals surface area contributed by atoms with E-state index >= 15 is 0 Å². The molecule has 10 nitrogen and oxygen atoms in total. The van der Waals surface area contributed by atoms with Crippen molar-refractivity contribution in [2.45, 2.75) is 138 Å². The largest absolute Gasteiger partial charge is 0.447 e. The molecular formula is C42H62N2O8. The van der Waals surface area contributed by atoms with Crippen LogP contribution in [0.2, 0.25) is 0 Å². The second-order valence-electron chi connectivity index (χ2n) is 19.2. The third-order valence-corrected chi connectivity index (χ3v) is 17.9. The third kappa shape index (κ3) is 4.21. The fourth-order valence-electron chi connectivity index (χ4n) is 15.8. The maximum Gasteiger partial charge on any atom is 0.332 e. The minimum absolute atomic E-state index is 0.152. The Balaban J connectivity index is 1.18. The quantitative estimate of drug-likeness (QED) is 0.0857. The summed E-state index contributed by atoms with van der Waals surface area (Å²) in [4.78, 5) is 27.2. The fourth-order valence-corrected chi connectivity index (χ4v) is 15.8. The SMILES string of the molecule is CNCCNCC1=CC2CC3(O)C4(CCCC15OC(=O)C=C5C24)CCC1C2(C=O)CCC(O)C4CCC(C(C)C5CCCC5)CC(C(O)C13O)C42O. The number of aliphatic hydroxyl groups is 5. The van der Waals surface area contributed by atoms with Crippen molar-refractivity contribution in [2.75, 3.05) is 26.7 Å². The maximum atomic E-state index is 13.9. The number of fused-ring (bicyclic) bond motifs is 3. The monoisotopic (exact) mass is 722 g/mol. The molecule has 7 fully saturated rings. The molecule has 2 bridgehead atoms. The van der Waals surface area contributed by atoms with Crippen LogP contribution in [0.4, 0.5) is 0 Å². The van der Waals surface area contributed by atoms with E-state index in [0.29, 0.717) is 69.7 Å². The number of carbonyl (C=O) groups is 2. The number of rotatable bonds is 8. The molecule has 8 aliphatic carbocycles. The van der Waals surface area contributed by atoms with E-state index in [1.54, 1.807) is 6.08 Å². The Morgan fingerprint density at radius 2 is 1.71 bits per heavy atom. The normalized spacial score (nSPS) is 52.6. The van der Waals surface area contributed by atoms with Crippen LogP contribution in [-0.4, -0.2) is 99.1 Å². The number of esters is 1. The Labute approximate surface area is 308 Å². The van der Waals surface area contributed by atoms with Gasteiger partial charge >= 0.3 is 5.97 Å². The molecule has 15 atom stereocenters. The van der Waals surface area contributed by atoms with Crippen LogP contribution in [0, 0.1) is 58.2 Å². The Hall–Kier alpha value is -1.66. The van der Waals surface area contributed by atoms with Crippen molar-refractivity contribution in [3.05, 3.63) is 23.3 Å². The number of aliphatic hydroxyl groups excluding tert-OH is 2. The Morgan fingerprint density at radius 1 is 0.923 bits per heavy atom. The van der Waals surface area contributed by atoms with E-state index in [1.807, 2.05) is 7.05 Å². The van der Waals surface area contributed by atoms with E-state index in [4.69, 9.17) is 4.74 Å². The summed E-state index contributed by atoms with van der Waals surface area (Å²) >= 11 is 0. The highest BCUT2D eigenvalue weighted by Crippen LogP contribution is 2.78. The van der Waals surface area contributed by atoms with E-state index in [-0.39, 0.29) is 36.6 Å².